The molecule has 1 aliphatic heterocycles. The van der Waals surface area contributed by atoms with Gasteiger partial charge in [-0.05, 0) is 30.4 Å². The van der Waals surface area contributed by atoms with Crippen LogP contribution in [-0.2, 0) is 4.79 Å². The maximum atomic E-state index is 12.1. The van der Waals surface area contributed by atoms with Gasteiger partial charge in [-0.2, -0.15) is 11.3 Å². The van der Waals surface area contributed by atoms with Crippen molar-refractivity contribution in [1.29, 1.82) is 0 Å². The second-order valence-corrected chi connectivity index (χ2v) is 6.12. The Bertz CT molecular complexity index is 685. The van der Waals surface area contributed by atoms with Crippen molar-refractivity contribution in [2.75, 3.05) is 13.2 Å². The summed E-state index contributed by atoms with van der Waals surface area (Å²) in [5.74, 6) is 0.388. The van der Waals surface area contributed by atoms with E-state index in [0.717, 1.165) is 24.2 Å². The molecule has 6 heteroatoms. The fourth-order valence-electron chi connectivity index (χ4n) is 2.58. The van der Waals surface area contributed by atoms with Gasteiger partial charge in [-0.15, -0.1) is 0 Å². The number of nitrogens with one attached hydrogen (secondary N) is 2. The zero-order chi connectivity index (χ0) is 16.1. The lowest BCUT2D eigenvalue weighted by Gasteiger charge is -2.18. The van der Waals surface area contributed by atoms with Crippen LogP contribution in [0, 0.1) is 0 Å². The highest BCUT2D eigenvalue weighted by Gasteiger charge is 2.21. The van der Waals surface area contributed by atoms with Crippen LogP contribution in [0.15, 0.2) is 41.1 Å². The Morgan fingerprint density at radius 2 is 2.13 bits per heavy atom. The number of hydrogen-bond acceptors (Lipinski definition) is 4. The van der Waals surface area contributed by atoms with Crippen molar-refractivity contribution in [3.8, 4) is 5.75 Å². The number of para-hydroxylation sites is 1. The second kappa shape index (κ2) is 7.28. The Balaban J connectivity index is 1.58. The smallest absolute Gasteiger partial charge is 0.252 e. The third kappa shape index (κ3) is 3.90. The Labute approximate surface area is 138 Å². The number of fused-ring (bicyclic) bond motifs is 1. The van der Waals surface area contributed by atoms with E-state index in [0.29, 0.717) is 12.2 Å². The zero-order valence-electron chi connectivity index (χ0n) is 12.6. The van der Waals surface area contributed by atoms with E-state index in [1.807, 2.05) is 29.6 Å². The fraction of sp³-hybridized carbons (Fsp3) is 0.294. The number of ether oxygens (including phenoxy) is 1. The molecule has 1 atom stereocenters. The molecule has 0 aliphatic carbocycles. The monoisotopic (exact) mass is 330 g/mol. The van der Waals surface area contributed by atoms with Crippen LogP contribution in [0.25, 0.3) is 0 Å². The van der Waals surface area contributed by atoms with E-state index in [4.69, 9.17) is 4.74 Å². The molecule has 0 spiro atoms. The molecular formula is C17H18N2O3S. The van der Waals surface area contributed by atoms with Crippen LogP contribution < -0.4 is 15.4 Å². The van der Waals surface area contributed by atoms with E-state index >= 15 is 0 Å². The highest BCUT2D eigenvalue weighted by molar-refractivity contribution is 7.08. The molecule has 1 aromatic heterocycles. The van der Waals surface area contributed by atoms with Gasteiger partial charge in [-0.25, -0.2) is 0 Å². The summed E-state index contributed by atoms with van der Waals surface area (Å²) in [5.41, 5.74) is 1.57. The standard InChI is InChI=1S/C17H18N2O3S/c20-16(10-18-17(21)12-7-9-23-11-12)19-14-5-3-8-22-15-6-2-1-4-13(14)15/h1-2,4,6-7,9,11,14H,3,5,8,10H2,(H,18,21)(H,19,20)/t14-/m1/s1. The summed E-state index contributed by atoms with van der Waals surface area (Å²) in [6.45, 7) is 0.618. The van der Waals surface area contributed by atoms with E-state index in [1.54, 1.807) is 11.4 Å². The quantitative estimate of drug-likeness (QED) is 0.905. The molecule has 0 fully saturated rings. The minimum atomic E-state index is -0.231. The third-order valence-corrected chi connectivity index (χ3v) is 4.40. The van der Waals surface area contributed by atoms with Crippen LogP contribution >= 0.6 is 11.3 Å². The van der Waals surface area contributed by atoms with Crippen LogP contribution in [0.2, 0.25) is 0 Å². The minimum absolute atomic E-state index is 0.0335. The molecule has 2 aromatic rings. The number of rotatable bonds is 4. The lowest BCUT2D eigenvalue weighted by atomic mass is 10.0. The van der Waals surface area contributed by atoms with Crippen molar-refractivity contribution in [2.24, 2.45) is 0 Å². The van der Waals surface area contributed by atoms with Crippen LogP contribution in [0.4, 0.5) is 0 Å². The van der Waals surface area contributed by atoms with Gasteiger partial charge in [0.1, 0.15) is 5.75 Å². The van der Waals surface area contributed by atoms with E-state index in [2.05, 4.69) is 10.6 Å². The summed E-state index contributed by atoms with van der Waals surface area (Å²) in [5, 5.41) is 9.21. The molecule has 2 N–H and O–H groups in total. The number of carbonyl (C=O) groups is 2. The highest BCUT2D eigenvalue weighted by atomic mass is 32.1. The number of thiophene rings is 1. The van der Waals surface area contributed by atoms with Gasteiger partial charge in [0.25, 0.3) is 5.91 Å². The molecule has 120 valence electrons. The van der Waals surface area contributed by atoms with Gasteiger partial charge in [0.15, 0.2) is 0 Å². The molecule has 5 nitrogen and oxygen atoms in total. The molecule has 0 saturated carbocycles. The van der Waals surface area contributed by atoms with Crippen LogP contribution in [0.1, 0.15) is 34.8 Å². The second-order valence-electron chi connectivity index (χ2n) is 5.34. The van der Waals surface area contributed by atoms with Crippen molar-refractivity contribution in [3.05, 3.63) is 52.2 Å². The number of benzene rings is 1. The fourth-order valence-corrected chi connectivity index (χ4v) is 3.21. The summed E-state index contributed by atoms with van der Waals surface area (Å²) in [6, 6.07) is 9.39. The molecule has 0 radical (unpaired) electrons. The van der Waals surface area contributed by atoms with Crippen LogP contribution in [0.3, 0.4) is 0 Å². The Morgan fingerprint density at radius 3 is 2.96 bits per heavy atom. The zero-order valence-corrected chi connectivity index (χ0v) is 13.4. The predicted octanol–water partition coefficient (Wildman–Crippen LogP) is 2.51. The SMILES string of the molecule is O=C(CNC(=O)c1ccsc1)N[C@@H]1CCCOc2ccccc21. The van der Waals surface area contributed by atoms with Crippen molar-refractivity contribution in [1.82, 2.24) is 10.6 Å². The summed E-state index contributed by atoms with van der Waals surface area (Å²) in [6.07, 6.45) is 1.70. The topological polar surface area (TPSA) is 67.4 Å². The molecule has 23 heavy (non-hydrogen) atoms. The maximum absolute atomic E-state index is 12.1. The van der Waals surface area contributed by atoms with E-state index in [9.17, 15) is 9.59 Å². The Hall–Kier alpha value is -2.34. The average molecular weight is 330 g/mol. The van der Waals surface area contributed by atoms with Crippen molar-refractivity contribution >= 4 is 23.2 Å². The summed E-state index contributed by atoms with van der Waals surface area (Å²) < 4.78 is 5.69. The molecule has 3 rings (SSSR count). The first-order chi connectivity index (χ1) is 11.2. The first-order valence-electron chi connectivity index (χ1n) is 7.55. The van der Waals surface area contributed by atoms with Crippen LogP contribution in [0.5, 0.6) is 5.75 Å². The normalized spacial score (nSPS) is 16.6. The molecular weight excluding hydrogens is 312 g/mol. The van der Waals surface area contributed by atoms with E-state index < -0.39 is 0 Å². The Morgan fingerprint density at radius 1 is 1.26 bits per heavy atom. The van der Waals surface area contributed by atoms with Gasteiger partial charge in [-0.1, -0.05) is 18.2 Å². The summed E-state index contributed by atoms with van der Waals surface area (Å²) in [7, 11) is 0. The van der Waals surface area contributed by atoms with E-state index in [-0.39, 0.29) is 24.4 Å². The minimum Gasteiger partial charge on any atom is -0.493 e. The molecule has 1 aromatic carbocycles. The molecule has 2 amide bonds. The lowest BCUT2D eigenvalue weighted by molar-refractivity contribution is -0.120. The summed E-state index contributed by atoms with van der Waals surface area (Å²) in [4.78, 5) is 24.0. The van der Waals surface area contributed by atoms with Gasteiger partial charge in [-0.3, -0.25) is 9.59 Å². The third-order valence-electron chi connectivity index (χ3n) is 3.72. The Kier molecular flexibility index (Phi) is 4.92. The highest BCUT2D eigenvalue weighted by Crippen LogP contribution is 2.30. The first kappa shape index (κ1) is 15.6. The van der Waals surface area contributed by atoms with E-state index in [1.165, 1.54) is 11.3 Å². The number of hydrogen-bond donors (Lipinski definition) is 2. The van der Waals surface area contributed by atoms with Crippen LogP contribution in [-0.4, -0.2) is 25.0 Å². The van der Waals surface area contributed by atoms with Crippen molar-refractivity contribution < 1.29 is 14.3 Å². The van der Waals surface area contributed by atoms with Gasteiger partial charge < -0.3 is 15.4 Å². The summed E-state index contributed by atoms with van der Waals surface area (Å²) >= 11 is 1.45. The number of amides is 2. The van der Waals surface area contributed by atoms with Crippen molar-refractivity contribution in [3.63, 3.8) is 0 Å². The first-order valence-corrected chi connectivity index (χ1v) is 8.50. The maximum Gasteiger partial charge on any atom is 0.252 e. The molecule has 1 aliphatic rings. The predicted molar refractivity (Wildman–Crippen MR) is 88.7 cm³/mol. The van der Waals surface area contributed by atoms with Crippen molar-refractivity contribution in [2.45, 2.75) is 18.9 Å². The largest absolute Gasteiger partial charge is 0.493 e. The molecule has 0 saturated heterocycles. The van der Waals surface area contributed by atoms with Gasteiger partial charge in [0, 0.05) is 16.5 Å². The average Bonchev–Trinajstić information content (AvgIpc) is 3.03. The molecule has 2 heterocycles. The number of carbonyl (C=O) groups excluding carboxylic acids is 2. The van der Waals surface area contributed by atoms with Gasteiger partial charge in [0.2, 0.25) is 5.91 Å². The molecule has 0 bridgehead atoms. The van der Waals surface area contributed by atoms with Gasteiger partial charge >= 0.3 is 0 Å². The van der Waals surface area contributed by atoms with Gasteiger partial charge in [0.05, 0.1) is 19.2 Å². The lowest BCUT2D eigenvalue weighted by Crippen LogP contribution is -2.38. The molecule has 0 unspecified atom stereocenters.